The van der Waals surface area contributed by atoms with E-state index >= 15 is 0 Å². The molecule has 94 valence electrons. The van der Waals surface area contributed by atoms with Crippen LogP contribution in [0.4, 0.5) is 0 Å². The predicted molar refractivity (Wildman–Crippen MR) is 83.9 cm³/mol. The third-order valence-corrected chi connectivity index (χ3v) is 4.08. The second-order valence-electron chi connectivity index (χ2n) is 4.10. The Hall–Kier alpha value is -0.350. The summed E-state index contributed by atoms with van der Waals surface area (Å²) in [6, 6.07) is 13.9. The van der Waals surface area contributed by atoms with Crippen molar-refractivity contribution in [2.24, 2.45) is 5.73 Å². The Kier molecular flexibility index (Phi) is 4.84. The van der Waals surface area contributed by atoms with Gasteiger partial charge in [0.25, 0.3) is 0 Å². The van der Waals surface area contributed by atoms with Crippen LogP contribution in [0.1, 0.15) is 17.2 Å². The van der Waals surface area contributed by atoms with Crippen LogP contribution in [0.3, 0.4) is 0 Å². The normalized spacial score (nSPS) is 12.4. The Morgan fingerprint density at radius 1 is 1.00 bits per heavy atom. The molecule has 0 spiro atoms. The van der Waals surface area contributed by atoms with Crippen molar-refractivity contribution in [1.29, 1.82) is 0 Å². The molecule has 0 aliphatic rings. The Morgan fingerprint density at radius 2 is 1.61 bits per heavy atom. The van der Waals surface area contributed by atoms with E-state index in [9.17, 15) is 0 Å². The van der Waals surface area contributed by atoms with E-state index in [1.807, 2.05) is 30.3 Å². The minimum absolute atomic E-state index is 0.0909. The molecular weight excluding hydrogens is 377 g/mol. The lowest BCUT2D eigenvalue weighted by molar-refractivity contribution is 0.722. The highest BCUT2D eigenvalue weighted by Gasteiger charge is 2.11. The Balaban J connectivity index is 2.16. The molecule has 1 nitrogen and oxygen atoms in total. The average molecular weight is 390 g/mol. The Labute approximate surface area is 129 Å². The first-order valence-electron chi connectivity index (χ1n) is 5.51. The summed E-state index contributed by atoms with van der Waals surface area (Å²) in [7, 11) is 0. The van der Waals surface area contributed by atoms with Gasteiger partial charge in [0, 0.05) is 20.0 Å². The number of hydrogen-bond acceptors (Lipinski definition) is 1. The third kappa shape index (κ3) is 3.58. The third-order valence-electron chi connectivity index (χ3n) is 2.73. The molecule has 2 rings (SSSR count). The van der Waals surface area contributed by atoms with Crippen LogP contribution in [-0.4, -0.2) is 0 Å². The van der Waals surface area contributed by atoms with Crippen LogP contribution in [0.2, 0.25) is 5.02 Å². The SMILES string of the molecule is NC(Cc1ccc(Br)cc1)c1ccc(Br)cc1Cl. The van der Waals surface area contributed by atoms with Gasteiger partial charge >= 0.3 is 0 Å². The molecule has 4 heteroatoms. The number of hydrogen-bond donors (Lipinski definition) is 1. The zero-order valence-electron chi connectivity index (χ0n) is 9.54. The van der Waals surface area contributed by atoms with Gasteiger partial charge in [0.15, 0.2) is 0 Å². The summed E-state index contributed by atoms with van der Waals surface area (Å²) in [4.78, 5) is 0. The fraction of sp³-hybridized carbons (Fsp3) is 0.143. The number of benzene rings is 2. The van der Waals surface area contributed by atoms with Gasteiger partial charge in [0.1, 0.15) is 0 Å². The highest BCUT2D eigenvalue weighted by atomic mass is 79.9. The molecule has 0 bridgehead atoms. The second kappa shape index (κ2) is 6.20. The molecule has 0 aromatic heterocycles. The van der Waals surface area contributed by atoms with Gasteiger partial charge in [0.2, 0.25) is 0 Å². The molecule has 0 aliphatic carbocycles. The van der Waals surface area contributed by atoms with Crippen molar-refractivity contribution in [2.45, 2.75) is 12.5 Å². The molecule has 0 saturated heterocycles. The van der Waals surface area contributed by atoms with Gasteiger partial charge in [-0.3, -0.25) is 0 Å². The highest BCUT2D eigenvalue weighted by Crippen LogP contribution is 2.27. The Bertz CT molecular complexity index is 540. The molecule has 0 heterocycles. The predicted octanol–water partition coefficient (Wildman–Crippen LogP) is 5.11. The van der Waals surface area contributed by atoms with Gasteiger partial charge < -0.3 is 5.73 Å². The van der Waals surface area contributed by atoms with Crippen molar-refractivity contribution < 1.29 is 0 Å². The molecule has 0 radical (unpaired) electrons. The van der Waals surface area contributed by atoms with E-state index in [0.717, 1.165) is 20.9 Å². The van der Waals surface area contributed by atoms with Crippen molar-refractivity contribution in [3.8, 4) is 0 Å². The van der Waals surface area contributed by atoms with E-state index in [2.05, 4.69) is 44.0 Å². The summed E-state index contributed by atoms with van der Waals surface area (Å²) in [5, 5.41) is 0.703. The first-order valence-corrected chi connectivity index (χ1v) is 7.47. The van der Waals surface area contributed by atoms with E-state index in [0.29, 0.717) is 5.02 Å². The molecule has 0 fully saturated rings. The van der Waals surface area contributed by atoms with Crippen molar-refractivity contribution in [3.63, 3.8) is 0 Å². The number of halogens is 3. The standard InChI is InChI=1S/C14H12Br2ClN/c15-10-3-1-9(2-4-10)7-14(18)12-6-5-11(16)8-13(12)17/h1-6,8,14H,7,18H2. The molecular formula is C14H12Br2ClN. The number of nitrogens with two attached hydrogens (primary N) is 1. The zero-order chi connectivity index (χ0) is 13.1. The lowest BCUT2D eigenvalue weighted by atomic mass is 10.00. The summed E-state index contributed by atoms with van der Waals surface area (Å²) >= 11 is 13.0. The molecule has 0 aliphatic heterocycles. The van der Waals surface area contributed by atoms with Crippen molar-refractivity contribution in [2.75, 3.05) is 0 Å². The zero-order valence-corrected chi connectivity index (χ0v) is 13.5. The van der Waals surface area contributed by atoms with Gasteiger partial charge in [-0.1, -0.05) is 61.7 Å². The average Bonchev–Trinajstić information content (AvgIpc) is 2.32. The minimum atomic E-state index is -0.0909. The van der Waals surface area contributed by atoms with Crippen LogP contribution in [0.25, 0.3) is 0 Å². The molecule has 2 aromatic carbocycles. The van der Waals surface area contributed by atoms with E-state index in [-0.39, 0.29) is 6.04 Å². The smallest absolute Gasteiger partial charge is 0.0465 e. The van der Waals surface area contributed by atoms with Crippen LogP contribution in [-0.2, 0) is 6.42 Å². The van der Waals surface area contributed by atoms with Crippen LogP contribution in [0.15, 0.2) is 51.4 Å². The maximum absolute atomic E-state index is 6.20. The molecule has 18 heavy (non-hydrogen) atoms. The van der Waals surface area contributed by atoms with E-state index in [4.69, 9.17) is 17.3 Å². The van der Waals surface area contributed by atoms with Crippen LogP contribution < -0.4 is 5.73 Å². The van der Waals surface area contributed by atoms with Gasteiger partial charge in [-0.15, -0.1) is 0 Å². The summed E-state index contributed by atoms with van der Waals surface area (Å²) in [6.45, 7) is 0. The summed E-state index contributed by atoms with van der Waals surface area (Å²) in [5.41, 5.74) is 8.38. The van der Waals surface area contributed by atoms with Crippen molar-refractivity contribution in [1.82, 2.24) is 0 Å². The molecule has 1 atom stereocenters. The fourth-order valence-electron chi connectivity index (χ4n) is 1.79. The molecule has 2 aromatic rings. The minimum Gasteiger partial charge on any atom is -0.324 e. The maximum Gasteiger partial charge on any atom is 0.0465 e. The van der Waals surface area contributed by atoms with E-state index in [1.54, 1.807) is 0 Å². The van der Waals surface area contributed by atoms with Gasteiger partial charge in [-0.2, -0.15) is 0 Å². The topological polar surface area (TPSA) is 26.0 Å². The Morgan fingerprint density at radius 3 is 2.22 bits per heavy atom. The maximum atomic E-state index is 6.20. The quantitative estimate of drug-likeness (QED) is 0.776. The van der Waals surface area contributed by atoms with Gasteiger partial charge in [-0.25, -0.2) is 0 Å². The van der Waals surface area contributed by atoms with Gasteiger partial charge in [0.05, 0.1) is 0 Å². The fourth-order valence-corrected chi connectivity index (χ4v) is 2.86. The van der Waals surface area contributed by atoms with Crippen molar-refractivity contribution >= 4 is 43.5 Å². The van der Waals surface area contributed by atoms with Crippen LogP contribution in [0.5, 0.6) is 0 Å². The monoisotopic (exact) mass is 387 g/mol. The largest absolute Gasteiger partial charge is 0.324 e. The van der Waals surface area contributed by atoms with E-state index < -0.39 is 0 Å². The highest BCUT2D eigenvalue weighted by molar-refractivity contribution is 9.10. The molecule has 0 amide bonds. The van der Waals surface area contributed by atoms with E-state index in [1.165, 1.54) is 5.56 Å². The molecule has 2 N–H and O–H groups in total. The summed E-state index contributed by atoms with van der Waals surface area (Å²) < 4.78 is 2.04. The van der Waals surface area contributed by atoms with Crippen LogP contribution >= 0.6 is 43.5 Å². The number of rotatable bonds is 3. The lowest BCUT2D eigenvalue weighted by Crippen LogP contribution is -2.13. The summed E-state index contributed by atoms with van der Waals surface area (Å²) in [5.74, 6) is 0. The first-order chi connectivity index (χ1) is 8.56. The summed E-state index contributed by atoms with van der Waals surface area (Å²) in [6.07, 6.45) is 0.772. The van der Waals surface area contributed by atoms with Gasteiger partial charge in [-0.05, 0) is 41.8 Å². The van der Waals surface area contributed by atoms with Crippen molar-refractivity contribution in [3.05, 3.63) is 67.6 Å². The lowest BCUT2D eigenvalue weighted by Gasteiger charge is -2.14. The first kappa shape index (κ1) is 14.1. The molecule has 0 saturated carbocycles. The molecule has 1 unspecified atom stereocenters. The van der Waals surface area contributed by atoms with Crippen LogP contribution in [0, 0.1) is 0 Å². The second-order valence-corrected chi connectivity index (χ2v) is 6.34.